The summed E-state index contributed by atoms with van der Waals surface area (Å²) in [5, 5.41) is 0. The molecule has 1 heterocycles. The van der Waals surface area contributed by atoms with Gasteiger partial charge < -0.3 is 4.90 Å². The van der Waals surface area contributed by atoms with E-state index in [1.807, 2.05) is 30.3 Å². The molecule has 2 N–H and O–H groups in total. The fraction of sp³-hybridized carbons (Fsp3) is 0.571. The van der Waals surface area contributed by atoms with Gasteiger partial charge in [0.15, 0.2) is 0 Å². The quantitative estimate of drug-likeness (QED) is 0.782. The maximum absolute atomic E-state index is 11.9. The van der Waals surface area contributed by atoms with Crippen LogP contribution in [-0.4, -0.2) is 34.6 Å². The maximum Gasteiger partial charge on any atom is 0.215 e. The van der Waals surface area contributed by atoms with E-state index < -0.39 is 10.0 Å². The van der Waals surface area contributed by atoms with E-state index in [1.165, 1.54) is 37.3 Å². The maximum atomic E-state index is 11.9. The number of piperidine rings is 1. The lowest BCUT2D eigenvalue weighted by Gasteiger charge is -2.23. The second kappa shape index (κ2) is 7.03. The summed E-state index contributed by atoms with van der Waals surface area (Å²) in [4.78, 5) is 1.52. The van der Waals surface area contributed by atoms with Crippen molar-refractivity contribution in [3.05, 3.63) is 35.9 Å². The molecule has 2 rings (SSSR count). The average molecular weight is 283 g/mol. The largest absolute Gasteiger partial charge is 0.334 e. The molecule has 0 atom stereocenters. The van der Waals surface area contributed by atoms with Crippen LogP contribution in [0.3, 0.4) is 0 Å². The Kier molecular flexibility index (Phi) is 5.36. The fourth-order valence-corrected chi connectivity index (χ4v) is 3.68. The van der Waals surface area contributed by atoms with Crippen molar-refractivity contribution in [2.75, 3.05) is 26.2 Å². The van der Waals surface area contributed by atoms with Gasteiger partial charge in [0.1, 0.15) is 0 Å². The van der Waals surface area contributed by atoms with Crippen molar-refractivity contribution in [3.8, 4) is 0 Å². The number of rotatable bonds is 6. The number of sulfonamides is 1. The van der Waals surface area contributed by atoms with Crippen molar-refractivity contribution >= 4 is 10.0 Å². The second-order valence-corrected chi connectivity index (χ2v) is 7.01. The lowest BCUT2D eigenvalue weighted by Crippen LogP contribution is -3.13. The molecule has 0 spiro atoms. The minimum atomic E-state index is -3.20. The minimum absolute atomic E-state index is 0.0726. The Morgan fingerprint density at radius 2 is 1.74 bits per heavy atom. The summed E-state index contributed by atoms with van der Waals surface area (Å²) < 4.78 is 26.5. The van der Waals surface area contributed by atoms with Crippen LogP contribution in [0.5, 0.6) is 0 Å². The van der Waals surface area contributed by atoms with E-state index in [4.69, 9.17) is 0 Å². The highest BCUT2D eigenvalue weighted by molar-refractivity contribution is 7.88. The molecular weight excluding hydrogens is 260 g/mol. The smallest absolute Gasteiger partial charge is 0.215 e. The Labute approximate surface area is 115 Å². The molecule has 0 bridgehead atoms. The fourth-order valence-electron chi connectivity index (χ4n) is 2.53. The number of hydrogen-bond donors (Lipinski definition) is 2. The first-order chi connectivity index (χ1) is 9.16. The molecule has 0 aliphatic carbocycles. The van der Waals surface area contributed by atoms with E-state index in [0.717, 1.165) is 12.1 Å². The molecule has 0 radical (unpaired) electrons. The van der Waals surface area contributed by atoms with Crippen LogP contribution in [0.4, 0.5) is 0 Å². The van der Waals surface area contributed by atoms with Gasteiger partial charge in [0.05, 0.1) is 31.9 Å². The lowest BCUT2D eigenvalue weighted by molar-refractivity contribution is -0.903. The third-order valence-corrected chi connectivity index (χ3v) is 4.92. The van der Waals surface area contributed by atoms with E-state index in [-0.39, 0.29) is 5.75 Å². The molecule has 1 aliphatic heterocycles. The Balaban J connectivity index is 1.74. The first kappa shape index (κ1) is 14.5. The highest BCUT2D eigenvalue weighted by Gasteiger charge is 2.15. The van der Waals surface area contributed by atoms with Gasteiger partial charge in [-0.3, -0.25) is 0 Å². The van der Waals surface area contributed by atoms with Gasteiger partial charge in [-0.2, -0.15) is 0 Å². The van der Waals surface area contributed by atoms with Gasteiger partial charge in [0.25, 0.3) is 0 Å². The van der Waals surface area contributed by atoms with E-state index >= 15 is 0 Å². The molecule has 0 saturated carbocycles. The van der Waals surface area contributed by atoms with Gasteiger partial charge in [-0.25, -0.2) is 13.1 Å². The number of benzene rings is 1. The van der Waals surface area contributed by atoms with Gasteiger partial charge in [0, 0.05) is 0 Å². The topological polar surface area (TPSA) is 50.6 Å². The molecule has 1 aliphatic rings. The third-order valence-electron chi connectivity index (χ3n) is 3.56. The Hall–Kier alpha value is -0.910. The Bertz CT molecular complexity index is 467. The highest BCUT2D eigenvalue weighted by atomic mass is 32.2. The zero-order valence-electron chi connectivity index (χ0n) is 11.3. The van der Waals surface area contributed by atoms with Crippen LogP contribution in [0.2, 0.25) is 0 Å². The van der Waals surface area contributed by atoms with Crippen molar-refractivity contribution < 1.29 is 13.3 Å². The second-order valence-electron chi connectivity index (χ2n) is 5.20. The van der Waals surface area contributed by atoms with Crippen LogP contribution >= 0.6 is 0 Å². The highest BCUT2D eigenvalue weighted by Crippen LogP contribution is 2.03. The first-order valence-electron chi connectivity index (χ1n) is 7.00. The van der Waals surface area contributed by atoms with Gasteiger partial charge in [0.2, 0.25) is 10.0 Å². The molecule has 19 heavy (non-hydrogen) atoms. The van der Waals surface area contributed by atoms with Gasteiger partial charge in [-0.1, -0.05) is 30.3 Å². The molecule has 4 nitrogen and oxygen atoms in total. The van der Waals surface area contributed by atoms with Crippen molar-refractivity contribution in [1.29, 1.82) is 0 Å². The summed E-state index contributed by atoms with van der Waals surface area (Å²) in [6.45, 7) is 3.80. The summed E-state index contributed by atoms with van der Waals surface area (Å²) in [6, 6.07) is 9.30. The van der Waals surface area contributed by atoms with Crippen molar-refractivity contribution in [1.82, 2.24) is 4.72 Å². The van der Waals surface area contributed by atoms with E-state index in [2.05, 4.69) is 4.72 Å². The number of likely N-dealkylation sites (tertiary alicyclic amines) is 1. The summed E-state index contributed by atoms with van der Waals surface area (Å²) in [6.07, 6.45) is 3.86. The molecule has 1 aromatic carbocycles. The van der Waals surface area contributed by atoms with E-state index in [9.17, 15) is 8.42 Å². The number of nitrogens with one attached hydrogen (secondary N) is 2. The van der Waals surface area contributed by atoms with Crippen LogP contribution in [0.1, 0.15) is 24.8 Å². The van der Waals surface area contributed by atoms with Crippen LogP contribution in [-0.2, 0) is 15.8 Å². The zero-order chi connectivity index (χ0) is 13.6. The summed E-state index contributed by atoms with van der Waals surface area (Å²) >= 11 is 0. The molecule has 0 aromatic heterocycles. The summed E-state index contributed by atoms with van der Waals surface area (Å²) in [5.74, 6) is 0.0726. The third kappa shape index (κ3) is 5.30. The SMILES string of the molecule is O=S(=O)(Cc1ccccc1)NCC[NH+]1CCCCC1. The zero-order valence-corrected chi connectivity index (χ0v) is 12.1. The van der Waals surface area contributed by atoms with E-state index in [1.54, 1.807) is 0 Å². The van der Waals surface area contributed by atoms with E-state index in [0.29, 0.717) is 6.54 Å². The summed E-state index contributed by atoms with van der Waals surface area (Å²) in [7, 11) is -3.20. The average Bonchev–Trinajstić information content (AvgIpc) is 2.40. The van der Waals surface area contributed by atoms with Crippen LogP contribution in [0, 0.1) is 0 Å². The minimum Gasteiger partial charge on any atom is -0.334 e. The summed E-state index contributed by atoms with van der Waals surface area (Å²) in [5.41, 5.74) is 0.834. The predicted octanol–water partition coefficient (Wildman–Crippen LogP) is 0.175. The van der Waals surface area contributed by atoms with Gasteiger partial charge in [-0.05, 0) is 24.8 Å². The predicted molar refractivity (Wildman–Crippen MR) is 76.5 cm³/mol. The molecule has 0 unspecified atom stereocenters. The van der Waals surface area contributed by atoms with Crippen LogP contribution in [0.15, 0.2) is 30.3 Å². The first-order valence-corrected chi connectivity index (χ1v) is 8.66. The number of hydrogen-bond acceptors (Lipinski definition) is 2. The van der Waals surface area contributed by atoms with Crippen LogP contribution in [0.25, 0.3) is 0 Å². The molecule has 1 aromatic rings. The number of quaternary nitrogens is 1. The molecular formula is C14H23N2O2S+. The Morgan fingerprint density at radius 3 is 2.42 bits per heavy atom. The van der Waals surface area contributed by atoms with Gasteiger partial charge in [-0.15, -0.1) is 0 Å². The van der Waals surface area contributed by atoms with Crippen molar-refractivity contribution in [2.45, 2.75) is 25.0 Å². The molecule has 1 saturated heterocycles. The molecule has 5 heteroatoms. The lowest BCUT2D eigenvalue weighted by atomic mass is 10.1. The normalized spacial score (nSPS) is 17.5. The monoisotopic (exact) mass is 283 g/mol. The Morgan fingerprint density at radius 1 is 1.05 bits per heavy atom. The van der Waals surface area contributed by atoms with Crippen molar-refractivity contribution in [3.63, 3.8) is 0 Å². The van der Waals surface area contributed by atoms with Gasteiger partial charge >= 0.3 is 0 Å². The standard InChI is InChI=1S/C14H22N2O2S/c17-19(18,13-14-7-3-1-4-8-14)15-9-12-16-10-5-2-6-11-16/h1,3-4,7-8,15H,2,5-6,9-13H2/p+1. The molecule has 0 amide bonds. The van der Waals surface area contributed by atoms with Crippen LogP contribution < -0.4 is 9.62 Å². The van der Waals surface area contributed by atoms with Crippen molar-refractivity contribution in [2.24, 2.45) is 0 Å². The molecule has 106 valence electrons. The molecule has 1 fully saturated rings.